The van der Waals surface area contributed by atoms with E-state index in [1.807, 2.05) is 13.0 Å². The molecular formula is C15H16ClFN2O. The van der Waals surface area contributed by atoms with E-state index in [-0.39, 0.29) is 11.8 Å². The van der Waals surface area contributed by atoms with Gasteiger partial charge in [0.1, 0.15) is 5.75 Å². The van der Waals surface area contributed by atoms with Gasteiger partial charge in [0.25, 0.3) is 0 Å². The molecule has 20 heavy (non-hydrogen) atoms. The average molecular weight is 295 g/mol. The van der Waals surface area contributed by atoms with E-state index in [1.165, 1.54) is 18.5 Å². The Labute approximate surface area is 122 Å². The Morgan fingerprint density at radius 2 is 2.15 bits per heavy atom. The van der Waals surface area contributed by atoms with Gasteiger partial charge in [-0.15, -0.1) is 0 Å². The van der Waals surface area contributed by atoms with Gasteiger partial charge >= 0.3 is 0 Å². The summed E-state index contributed by atoms with van der Waals surface area (Å²) >= 11 is 5.80. The van der Waals surface area contributed by atoms with Crippen LogP contribution in [-0.4, -0.2) is 11.0 Å². The van der Waals surface area contributed by atoms with E-state index < -0.39 is 5.82 Å². The molecule has 2 rings (SSSR count). The Hall–Kier alpha value is -1.65. The second-order valence-corrected chi connectivity index (χ2v) is 5.01. The summed E-state index contributed by atoms with van der Waals surface area (Å²) in [6.07, 6.45) is 4.46. The third-order valence-electron chi connectivity index (χ3n) is 2.93. The molecule has 0 saturated carbocycles. The van der Waals surface area contributed by atoms with Gasteiger partial charge in [0.2, 0.25) is 0 Å². The van der Waals surface area contributed by atoms with E-state index >= 15 is 0 Å². The molecule has 1 aromatic carbocycles. The molecule has 0 aliphatic carbocycles. The van der Waals surface area contributed by atoms with Crippen molar-refractivity contribution >= 4 is 11.6 Å². The lowest BCUT2D eigenvalue weighted by Gasteiger charge is -2.11. The number of hydrogen-bond acceptors (Lipinski definition) is 3. The van der Waals surface area contributed by atoms with Crippen molar-refractivity contribution in [3.05, 3.63) is 53.1 Å². The molecule has 1 unspecified atom stereocenters. The molecule has 0 fully saturated rings. The summed E-state index contributed by atoms with van der Waals surface area (Å²) in [6.45, 7) is 2.00. The van der Waals surface area contributed by atoms with Gasteiger partial charge in [-0.25, -0.2) is 4.39 Å². The fourth-order valence-electron chi connectivity index (χ4n) is 1.78. The number of nitrogens with zero attached hydrogens (tertiary/aromatic N) is 1. The minimum absolute atomic E-state index is 0.0401. The molecule has 0 amide bonds. The predicted molar refractivity (Wildman–Crippen MR) is 77.7 cm³/mol. The van der Waals surface area contributed by atoms with Crippen LogP contribution in [0.3, 0.4) is 0 Å². The molecule has 3 nitrogen and oxygen atoms in total. The molecule has 0 aliphatic heterocycles. The average Bonchev–Trinajstić information content (AvgIpc) is 2.42. The highest BCUT2D eigenvalue weighted by molar-refractivity contribution is 6.30. The summed E-state index contributed by atoms with van der Waals surface area (Å²) in [5, 5.41) is 0.438. The monoisotopic (exact) mass is 294 g/mol. The standard InChI is InChI=1S/C15H16ClFN2O/c1-2-12(18)5-10-3-4-15(14(17)6-10)20-13-7-11(16)8-19-9-13/h3-4,6-9,12H,2,5,18H2,1H3. The lowest BCUT2D eigenvalue weighted by atomic mass is 10.0. The number of halogens is 2. The fourth-order valence-corrected chi connectivity index (χ4v) is 1.94. The molecule has 1 heterocycles. The number of rotatable bonds is 5. The first-order chi connectivity index (χ1) is 9.58. The van der Waals surface area contributed by atoms with E-state index in [4.69, 9.17) is 22.1 Å². The first kappa shape index (κ1) is 14.8. The van der Waals surface area contributed by atoms with Crippen molar-refractivity contribution in [2.24, 2.45) is 5.73 Å². The van der Waals surface area contributed by atoms with E-state index in [2.05, 4.69) is 4.98 Å². The molecule has 0 bridgehead atoms. The van der Waals surface area contributed by atoms with Gasteiger partial charge in [0.15, 0.2) is 11.6 Å². The van der Waals surface area contributed by atoms with Crippen molar-refractivity contribution in [1.29, 1.82) is 0 Å². The lowest BCUT2D eigenvalue weighted by molar-refractivity contribution is 0.439. The van der Waals surface area contributed by atoms with Crippen molar-refractivity contribution in [1.82, 2.24) is 4.98 Å². The van der Waals surface area contributed by atoms with E-state index in [1.54, 1.807) is 12.1 Å². The Balaban J connectivity index is 2.13. The highest BCUT2D eigenvalue weighted by Gasteiger charge is 2.08. The van der Waals surface area contributed by atoms with Crippen molar-refractivity contribution in [3.8, 4) is 11.5 Å². The van der Waals surface area contributed by atoms with E-state index in [0.717, 1.165) is 12.0 Å². The molecule has 106 valence electrons. The quantitative estimate of drug-likeness (QED) is 0.908. The number of nitrogens with two attached hydrogens (primary N) is 1. The normalized spacial score (nSPS) is 12.2. The number of ether oxygens (including phenoxy) is 1. The molecule has 2 aromatic rings. The van der Waals surface area contributed by atoms with Gasteiger partial charge in [-0.1, -0.05) is 24.6 Å². The Morgan fingerprint density at radius 3 is 2.80 bits per heavy atom. The van der Waals surface area contributed by atoms with Crippen molar-refractivity contribution in [2.75, 3.05) is 0 Å². The van der Waals surface area contributed by atoms with Gasteiger partial charge in [-0.2, -0.15) is 0 Å². The summed E-state index contributed by atoms with van der Waals surface area (Å²) in [6, 6.07) is 6.47. The number of aromatic nitrogens is 1. The Bertz CT molecular complexity index is 592. The molecule has 5 heteroatoms. The highest BCUT2D eigenvalue weighted by atomic mass is 35.5. The van der Waals surface area contributed by atoms with Crippen LogP contribution in [0.4, 0.5) is 4.39 Å². The summed E-state index contributed by atoms with van der Waals surface area (Å²) in [5.41, 5.74) is 6.71. The number of pyridine rings is 1. The third-order valence-corrected chi connectivity index (χ3v) is 3.13. The zero-order valence-electron chi connectivity index (χ0n) is 11.1. The molecule has 1 atom stereocenters. The second kappa shape index (κ2) is 6.68. The van der Waals surface area contributed by atoms with Crippen LogP contribution in [-0.2, 0) is 6.42 Å². The van der Waals surface area contributed by atoms with Crippen LogP contribution in [0.1, 0.15) is 18.9 Å². The summed E-state index contributed by atoms with van der Waals surface area (Å²) in [5.74, 6) is 0.114. The Morgan fingerprint density at radius 1 is 1.35 bits per heavy atom. The topological polar surface area (TPSA) is 48.1 Å². The van der Waals surface area contributed by atoms with Gasteiger partial charge in [0, 0.05) is 18.3 Å². The molecule has 0 aliphatic rings. The van der Waals surface area contributed by atoms with Gasteiger partial charge in [-0.3, -0.25) is 4.98 Å². The van der Waals surface area contributed by atoms with Gasteiger partial charge in [0.05, 0.1) is 11.2 Å². The van der Waals surface area contributed by atoms with Crippen LogP contribution in [0.2, 0.25) is 5.02 Å². The molecular weight excluding hydrogens is 279 g/mol. The van der Waals surface area contributed by atoms with Crippen LogP contribution in [0.15, 0.2) is 36.7 Å². The summed E-state index contributed by atoms with van der Waals surface area (Å²) in [4.78, 5) is 3.88. The highest BCUT2D eigenvalue weighted by Crippen LogP contribution is 2.26. The maximum atomic E-state index is 14.0. The maximum Gasteiger partial charge on any atom is 0.165 e. The number of hydrogen-bond donors (Lipinski definition) is 1. The molecule has 1 aromatic heterocycles. The van der Waals surface area contributed by atoms with Crippen LogP contribution in [0, 0.1) is 5.82 Å². The predicted octanol–water partition coefficient (Wildman–Crippen LogP) is 3.95. The lowest BCUT2D eigenvalue weighted by Crippen LogP contribution is -2.21. The van der Waals surface area contributed by atoms with Crippen molar-refractivity contribution < 1.29 is 9.13 Å². The van der Waals surface area contributed by atoms with Crippen LogP contribution < -0.4 is 10.5 Å². The molecule has 0 saturated heterocycles. The van der Waals surface area contributed by atoms with Gasteiger partial charge in [-0.05, 0) is 30.5 Å². The van der Waals surface area contributed by atoms with Crippen LogP contribution in [0.25, 0.3) is 0 Å². The minimum atomic E-state index is -0.425. The number of benzene rings is 1. The van der Waals surface area contributed by atoms with Crippen molar-refractivity contribution in [3.63, 3.8) is 0 Å². The minimum Gasteiger partial charge on any atom is -0.453 e. The molecule has 2 N–H and O–H groups in total. The largest absolute Gasteiger partial charge is 0.453 e. The maximum absolute atomic E-state index is 14.0. The van der Waals surface area contributed by atoms with E-state index in [9.17, 15) is 4.39 Å². The summed E-state index contributed by atoms with van der Waals surface area (Å²) in [7, 11) is 0. The zero-order chi connectivity index (χ0) is 14.5. The smallest absolute Gasteiger partial charge is 0.165 e. The zero-order valence-corrected chi connectivity index (χ0v) is 11.9. The van der Waals surface area contributed by atoms with Crippen LogP contribution >= 0.6 is 11.6 Å². The van der Waals surface area contributed by atoms with Crippen molar-refractivity contribution in [2.45, 2.75) is 25.8 Å². The Kier molecular flexibility index (Phi) is 4.93. The fraction of sp³-hybridized carbons (Fsp3) is 0.267. The first-order valence-corrected chi connectivity index (χ1v) is 6.78. The van der Waals surface area contributed by atoms with Gasteiger partial charge < -0.3 is 10.5 Å². The van der Waals surface area contributed by atoms with Crippen LogP contribution in [0.5, 0.6) is 11.5 Å². The van der Waals surface area contributed by atoms with E-state index in [0.29, 0.717) is 17.2 Å². The summed E-state index contributed by atoms with van der Waals surface area (Å²) < 4.78 is 19.4. The molecule has 0 radical (unpaired) electrons. The second-order valence-electron chi connectivity index (χ2n) is 4.58. The first-order valence-electron chi connectivity index (χ1n) is 6.41. The molecule has 0 spiro atoms. The third kappa shape index (κ3) is 3.92. The SMILES string of the molecule is CCC(N)Cc1ccc(Oc2cncc(Cl)c2)c(F)c1.